The number of rotatable bonds is 4. The molecule has 1 fully saturated rings. The second kappa shape index (κ2) is 6.93. The van der Waals surface area contributed by atoms with Crippen LogP contribution in [0, 0.1) is 6.92 Å². The number of hydrogen-bond donors (Lipinski definition) is 1. The molecule has 0 radical (unpaired) electrons. The summed E-state index contributed by atoms with van der Waals surface area (Å²) < 4.78 is 5.62. The van der Waals surface area contributed by atoms with E-state index >= 15 is 0 Å². The van der Waals surface area contributed by atoms with Gasteiger partial charge < -0.3 is 14.7 Å². The molecular formula is C15H21NO4S. The van der Waals surface area contributed by atoms with Crippen LogP contribution in [-0.4, -0.2) is 41.1 Å². The lowest BCUT2D eigenvalue weighted by Crippen LogP contribution is -2.41. The van der Waals surface area contributed by atoms with Gasteiger partial charge in [0.25, 0.3) is 5.91 Å². The topological polar surface area (TPSA) is 66.8 Å². The molecule has 1 atom stereocenters. The van der Waals surface area contributed by atoms with E-state index < -0.39 is 12.1 Å². The van der Waals surface area contributed by atoms with Gasteiger partial charge in [0, 0.05) is 18.0 Å². The fraction of sp³-hybridized carbons (Fsp3) is 0.600. The first-order chi connectivity index (χ1) is 9.99. The molecule has 0 saturated carbocycles. The largest absolute Gasteiger partial charge is 0.479 e. The number of hydrogen-bond acceptors (Lipinski definition) is 4. The number of amides is 1. The number of nitrogens with zero attached hydrogens (tertiary/aromatic N) is 1. The van der Waals surface area contributed by atoms with Crippen LogP contribution in [-0.2, 0) is 4.79 Å². The van der Waals surface area contributed by atoms with Crippen molar-refractivity contribution in [1.29, 1.82) is 0 Å². The van der Waals surface area contributed by atoms with Crippen LogP contribution < -0.4 is 4.74 Å². The molecule has 1 N–H and O–H groups in total. The second-order valence-corrected chi connectivity index (χ2v) is 6.61. The van der Waals surface area contributed by atoms with Gasteiger partial charge in [-0.3, -0.25) is 4.79 Å². The highest BCUT2D eigenvalue weighted by atomic mass is 32.1. The third-order valence-corrected chi connectivity index (χ3v) is 4.60. The smallest absolute Gasteiger partial charge is 0.349 e. The molecule has 1 saturated heterocycles. The zero-order chi connectivity index (χ0) is 15.4. The lowest BCUT2D eigenvalue weighted by Gasteiger charge is -2.24. The molecule has 21 heavy (non-hydrogen) atoms. The molecule has 1 amide bonds. The summed E-state index contributed by atoms with van der Waals surface area (Å²) >= 11 is 1.17. The van der Waals surface area contributed by atoms with Crippen LogP contribution >= 0.6 is 11.3 Å². The molecule has 0 aromatic carbocycles. The third kappa shape index (κ3) is 3.97. The number of carbonyl (C=O) groups excluding carboxylic acids is 1. The van der Waals surface area contributed by atoms with E-state index in [1.54, 1.807) is 13.0 Å². The molecule has 1 aromatic heterocycles. The van der Waals surface area contributed by atoms with E-state index in [-0.39, 0.29) is 10.8 Å². The molecule has 1 aliphatic heterocycles. The summed E-state index contributed by atoms with van der Waals surface area (Å²) in [5.74, 6) is -0.782. The van der Waals surface area contributed by atoms with Crippen molar-refractivity contribution in [3.8, 4) is 5.75 Å². The Balaban J connectivity index is 2.04. The Bertz CT molecular complexity index is 518. The predicted octanol–water partition coefficient (Wildman–Crippen LogP) is 2.92. The van der Waals surface area contributed by atoms with Gasteiger partial charge in [-0.25, -0.2) is 4.79 Å². The van der Waals surface area contributed by atoms with Crippen LogP contribution in [0.25, 0.3) is 0 Å². The summed E-state index contributed by atoms with van der Waals surface area (Å²) in [7, 11) is 0. The first kappa shape index (κ1) is 15.8. The molecule has 5 nitrogen and oxygen atoms in total. The molecule has 1 aliphatic rings. The minimum atomic E-state index is -1.02. The Morgan fingerprint density at radius 2 is 1.90 bits per heavy atom. The van der Waals surface area contributed by atoms with Crippen molar-refractivity contribution in [1.82, 2.24) is 4.90 Å². The van der Waals surface area contributed by atoms with Gasteiger partial charge in [0.15, 0.2) is 11.0 Å². The number of carboxylic acid groups (broad SMARTS) is 1. The van der Waals surface area contributed by atoms with Gasteiger partial charge in [0.2, 0.25) is 0 Å². The summed E-state index contributed by atoms with van der Waals surface area (Å²) in [6, 6.07) is 1.68. The van der Waals surface area contributed by atoms with E-state index in [1.807, 2.05) is 11.8 Å². The summed E-state index contributed by atoms with van der Waals surface area (Å²) in [6.07, 6.45) is 3.71. The summed E-state index contributed by atoms with van der Waals surface area (Å²) in [5, 5.41) is 9.15. The summed E-state index contributed by atoms with van der Waals surface area (Å²) in [4.78, 5) is 26.4. The Morgan fingerprint density at radius 3 is 2.48 bits per heavy atom. The van der Waals surface area contributed by atoms with Crippen LogP contribution in [0.3, 0.4) is 0 Å². The van der Waals surface area contributed by atoms with Crippen molar-refractivity contribution in [3.05, 3.63) is 15.8 Å². The number of thiophene rings is 1. The molecule has 1 unspecified atom stereocenters. The van der Waals surface area contributed by atoms with Crippen molar-refractivity contribution in [2.24, 2.45) is 0 Å². The second-order valence-electron chi connectivity index (χ2n) is 5.36. The molecule has 6 heteroatoms. The lowest BCUT2D eigenvalue weighted by molar-refractivity contribution is -0.137. The third-order valence-electron chi connectivity index (χ3n) is 3.58. The monoisotopic (exact) mass is 311 g/mol. The molecule has 0 aliphatic carbocycles. The molecule has 2 rings (SSSR count). The van der Waals surface area contributed by atoms with E-state index in [0.29, 0.717) is 5.75 Å². The maximum atomic E-state index is 12.4. The van der Waals surface area contributed by atoms with E-state index in [4.69, 9.17) is 9.84 Å². The maximum absolute atomic E-state index is 12.4. The van der Waals surface area contributed by atoms with Gasteiger partial charge in [-0.15, -0.1) is 11.3 Å². The van der Waals surface area contributed by atoms with Crippen molar-refractivity contribution < 1.29 is 19.4 Å². The summed E-state index contributed by atoms with van der Waals surface area (Å²) in [5.41, 5.74) is 0. The number of aromatic carboxylic acids is 1. The molecule has 0 bridgehead atoms. The van der Waals surface area contributed by atoms with Crippen LogP contribution in [0.4, 0.5) is 0 Å². The SMILES string of the molecule is Cc1cc(OC(C)C(=O)N2CCCCCC2)c(C(=O)O)s1. The van der Waals surface area contributed by atoms with Gasteiger partial charge in [0.1, 0.15) is 5.75 Å². The van der Waals surface area contributed by atoms with E-state index in [1.165, 1.54) is 11.3 Å². The van der Waals surface area contributed by atoms with E-state index in [0.717, 1.165) is 43.6 Å². The quantitative estimate of drug-likeness (QED) is 0.928. The number of carboxylic acids is 1. The van der Waals surface area contributed by atoms with E-state index in [2.05, 4.69) is 0 Å². The zero-order valence-corrected chi connectivity index (χ0v) is 13.2. The number of aryl methyl sites for hydroxylation is 1. The average molecular weight is 311 g/mol. The molecule has 0 spiro atoms. The standard InChI is InChI=1S/C15H21NO4S/c1-10-9-12(13(21-10)15(18)19)20-11(2)14(17)16-7-5-3-4-6-8-16/h9,11H,3-8H2,1-2H3,(H,18,19). The lowest BCUT2D eigenvalue weighted by atomic mass is 10.2. The van der Waals surface area contributed by atoms with Crippen LogP contribution in [0.15, 0.2) is 6.07 Å². The average Bonchev–Trinajstić information content (AvgIpc) is 2.66. The normalized spacial score (nSPS) is 17.1. The minimum Gasteiger partial charge on any atom is -0.479 e. The number of ether oxygens (including phenoxy) is 1. The highest BCUT2D eigenvalue weighted by Gasteiger charge is 2.25. The fourth-order valence-corrected chi connectivity index (χ4v) is 3.30. The predicted molar refractivity (Wildman–Crippen MR) is 81.2 cm³/mol. The van der Waals surface area contributed by atoms with E-state index in [9.17, 15) is 9.59 Å². The Morgan fingerprint density at radius 1 is 1.29 bits per heavy atom. The van der Waals surface area contributed by atoms with Gasteiger partial charge >= 0.3 is 5.97 Å². The fourth-order valence-electron chi connectivity index (χ4n) is 2.52. The molecule has 2 heterocycles. The van der Waals surface area contributed by atoms with Crippen LogP contribution in [0.2, 0.25) is 0 Å². The highest BCUT2D eigenvalue weighted by molar-refractivity contribution is 7.14. The Labute approximate surface area is 128 Å². The molecular weight excluding hydrogens is 290 g/mol. The Hall–Kier alpha value is -1.56. The van der Waals surface area contributed by atoms with Crippen molar-refractivity contribution in [2.45, 2.75) is 45.6 Å². The van der Waals surface area contributed by atoms with Gasteiger partial charge in [-0.2, -0.15) is 0 Å². The first-order valence-corrected chi connectivity index (χ1v) is 8.10. The number of carbonyl (C=O) groups is 2. The van der Waals surface area contributed by atoms with Crippen molar-refractivity contribution in [3.63, 3.8) is 0 Å². The van der Waals surface area contributed by atoms with Gasteiger partial charge in [0.05, 0.1) is 0 Å². The molecule has 1 aromatic rings. The van der Waals surface area contributed by atoms with Gasteiger partial charge in [-0.1, -0.05) is 12.8 Å². The minimum absolute atomic E-state index is 0.0582. The van der Waals surface area contributed by atoms with Crippen molar-refractivity contribution in [2.75, 3.05) is 13.1 Å². The van der Waals surface area contributed by atoms with Crippen LogP contribution in [0.1, 0.15) is 47.2 Å². The molecule has 116 valence electrons. The number of likely N-dealkylation sites (tertiary alicyclic amines) is 1. The highest BCUT2D eigenvalue weighted by Crippen LogP contribution is 2.30. The van der Waals surface area contributed by atoms with Gasteiger partial charge in [-0.05, 0) is 32.8 Å². The van der Waals surface area contributed by atoms with Crippen molar-refractivity contribution >= 4 is 23.2 Å². The Kier molecular flexibility index (Phi) is 5.22. The first-order valence-electron chi connectivity index (χ1n) is 7.28. The zero-order valence-electron chi connectivity index (χ0n) is 12.4. The maximum Gasteiger partial charge on any atom is 0.349 e. The van der Waals surface area contributed by atoms with Crippen LogP contribution in [0.5, 0.6) is 5.75 Å². The summed E-state index contributed by atoms with van der Waals surface area (Å²) in [6.45, 7) is 5.04.